The predicted octanol–water partition coefficient (Wildman–Crippen LogP) is 3.03. The Balaban J connectivity index is 2.14. The van der Waals surface area contributed by atoms with Crippen molar-refractivity contribution in [1.82, 2.24) is 4.90 Å². The molecule has 2 amide bonds. The summed E-state index contributed by atoms with van der Waals surface area (Å²) < 4.78 is 0.537. The highest BCUT2D eigenvalue weighted by Crippen LogP contribution is 2.44. The molecule has 0 unspecified atom stereocenters. The third-order valence-electron chi connectivity index (χ3n) is 3.76. The second kappa shape index (κ2) is 5.85. The number of benzene rings is 1. The summed E-state index contributed by atoms with van der Waals surface area (Å²) in [6, 6.07) is 7.60. The zero-order valence-electron chi connectivity index (χ0n) is 12.5. The van der Waals surface area contributed by atoms with Gasteiger partial charge in [-0.05, 0) is 19.4 Å². The van der Waals surface area contributed by atoms with E-state index in [1.165, 1.54) is 11.8 Å². The molecule has 0 atom stereocenters. The van der Waals surface area contributed by atoms with E-state index in [-0.39, 0.29) is 11.8 Å². The van der Waals surface area contributed by atoms with Gasteiger partial charge in [0, 0.05) is 18.7 Å². The van der Waals surface area contributed by atoms with E-state index < -0.39 is 0 Å². The van der Waals surface area contributed by atoms with Gasteiger partial charge in [-0.1, -0.05) is 49.1 Å². The Bertz CT molecular complexity index is 712. The Morgan fingerprint density at radius 1 is 1.09 bits per heavy atom. The number of fused-ring (bicyclic) bond motifs is 1. The van der Waals surface area contributed by atoms with Gasteiger partial charge in [0.1, 0.15) is 4.32 Å². The van der Waals surface area contributed by atoms with E-state index in [1.807, 2.05) is 38.1 Å². The fraction of sp³-hybridized carbons (Fsp3) is 0.312. The van der Waals surface area contributed by atoms with Gasteiger partial charge in [-0.2, -0.15) is 0 Å². The second-order valence-electron chi connectivity index (χ2n) is 5.10. The van der Waals surface area contributed by atoms with Crippen LogP contribution in [0.4, 0.5) is 5.69 Å². The number of hydrogen-bond acceptors (Lipinski definition) is 4. The number of amides is 2. The van der Waals surface area contributed by atoms with E-state index in [9.17, 15) is 9.59 Å². The van der Waals surface area contributed by atoms with Crippen LogP contribution >= 0.6 is 24.0 Å². The Labute approximate surface area is 139 Å². The highest BCUT2D eigenvalue weighted by Gasteiger charge is 2.41. The largest absolute Gasteiger partial charge is 0.308 e. The standard InChI is InChI=1S/C16H16N2O2S2/c1-3-9-18-15(20)13(22-16(18)21)12-10-7-5-6-8-11(10)17(4-2)14(12)19/h5-8H,3-4,9H2,1-2H3/b13-12-. The zero-order chi connectivity index (χ0) is 15.9. The number of thioether (sulfide) groups is 1. The number of likely N-dealkylation sites (N-methyl/N-ethyl adjacent to an activating group) is 1. The molecular weight excluding hydrogens is 316 g/mol. The van der Waals surface area contributed by atoms with E-state index in [0.717, 1.165) is 17.7 Å². The molecular formula is C16H16N2O2S2. The average Bonchev–Trinajstić information content (AvgIpc) is 2.95. The maximum Gasteiger partial charge on any atom is 0.267 e. The van der Waals surface area contributed by atoms with Crippen molar-refractivity contribution in [3.63, 3.8) is 0 Å². The summed E-state index contributed by atoms with van der Waals surface area (Å²) in [5.41, 5.74) is 2.19. The fourth-order valence-corrected chi connectivity index (χ4v) is 4.16. The molecule has 6 heteroatoms. The summed E-state index contributed by atoms with van der Waals surface area (Å²) in [6.45, 7) is 5.10. The molecule has 0 saturated carbocycles. The zero-order valence-corrected chi connectivity index (χ0v) is 14.1. The SMILES string of the molecule is CCCN1C(=O)/C(=C2/C(=O)N(CC)c3ccccc32)SC1=S. The van der Waals surface area contributed by atoms with Gasteiger partial charge in [-0.25, -0.2) is 0 Å². The van der Waals surface area contributed by atoms with Gasteiger partial charge < -0.3 is 4.90 Å². The molecule has 2 aliphatic rings. The Hall–Kier alpha value is -1.66. The minimum absolute atomic E-state index is 0.110. The highest BCUT2D eigenvalue weighted by molar-refractivity contribution is 8.26. The van der Waals surface area contributed by atoms with Crippen LogP contribution in [0.3, 0.4) is 0 Å². The van der Waals surface area contributed by atoms with Crippen molar-refractivity contribution >= 4 is 51.4 Å². The minimum atomic E-state index is -0.145. The highest BCUT2D eigenvalue weighted by atomic mass is 32.2. The van der Waals surface area contributed by atoms with Gasteiger partial charge in [-0.15, -0.1) is 0 Å². The number of thiocarbonyl (C=S) groups is 1. The number of anilines is 1. The van der Waals surface area contributed by atoms with Crippen molar-refractivity contribution in [3.05, 3.63) is 34.7 Å². The summed E-state index contributed by atoms with van der Waals surface area (Å²) in [7, 11) is 0. The first-order valence-electron chi connectivity index (χ1n) is 7.29. The summed E-state index contributed by atoms with van der Waals surface area (Å²) in [6.07, 6.45) is 0.834. The lowest BCUT2D eigenvalue weighted by molar-refractivity contribution is -0.122. The van der Waals surface area contributed by atoms with Crippen molar-refractivity contribution in [1.29, 1.82) is 0 Å². The van der Waals surface area contributed by atoms with Crippen LogP contribution < -0.4 is 4.90 Å². The lowest BCUT2D eigenvalue weighted by Gasteiger charge is -2.13. The van der Waals surface area contributed by atoms with E-state index in [4.69, 9.17) is 12.2 Å². The monoisotopic (exact) mass is 332 g/mol. The molecule has 114 valence electrons. The molecule has 0 aliphatic carbocycles. The summed E-state index contributed by atoms with van der Waals surface area (Å²) in [5.74, 6) is -0.256. The first-order chi connectivity index (χ1) is 10.6. The summed E-state index contributed by atoms with van der Waals surface area (Å²) >= 11 is 6.54. The van der Waals surface area contributed by atoms with Gasteiger partial charge in [0.05, 0.1) is 16.2 Å². The van der Waals surface area contributed by atoms with Crippen LogP contribution in [0.15, 0.2) is 29.2 Å². The van der Waals surface area contributed by atoms with Gasteiger partial charge >= 0.3 is 0 Å². The number of nitrogens with zero attached hydrogens (tertiary/aromatic N) is 2. The van der Waals surface area contributed by atoms with Crippen LogP contribution in [0.1, 0.15) is 25.8 Å². The maximum atomic E-state index is 12.7. The molecule has 0 N–H and O–H groups in total. The van der Waals surface area contributed by atoms with Gasteiger partial charge in [0.25, 0.3) is 11.8 Å². The van der Waals surface area contributed by atoms with Crippen molar-refractivity contribution in [3.8, 4) is 0 Å². The van der Waals surface area contributed by atoms with Crippen LogP contribution in [0.25, 0.3) is 5.57 Å². The van der Waals surface area contributed by atoms with Crippen molar-refractivity contribution in [2.45, 2.75) is 20.3 Å². The smallest absolute Gasteiger partial charge is 0.267 e. The molecule has 2 aliphatic heterocycles. The number of carbonyl (C=O) groups excluding carboxylic acids is 2. The molecule has 0 radical (unpaired) electrons. The van der Waals surface area contributed by atoms with Crippen LogP contribution in [-0.4, -0.2) is 34.1 Å². The van der Waals surface area contributed by atoms with Crippen molar-refractivity contribution < 1.29 is 9.59 Å². The summed E-state index contributed by atoms with van der Waals surface area (Å²) in [5, 5.41) is 0. The molecule has 2 heterocycles. The van der Waals surface area contributed by atoms with Gasteiger partial charge in [-0.3, -0.25) is 14.5 Å². The van der Waals surface area contributed by atoms with Crippen molar-refractivity contribution in [2.75, 3.05) is 18.0 Å². The molecule has 4 nitrogen and oxygen atoms in total. The molecule has 22 heavy (non-hydrogen) atoms. The van der Waals surface area contributed by atoms with Crippen LogP contribution in [0.2, 0.25) is 0 Å². The lowest BCUT2D eigenvalue weighted by atomic mass is 10.1. The second-order valence-corrected chi connectivity index (χ2v) is 6.74. The number of rotatable bonds is 3. The van der Waals surface area contributed by atoms with Crippen molar-refractivity contribution in [2.24, 2.45) is 0 Å². The Morgan fingerprint density at radius 2 is 1.82 bits per heavy atom. The molecule has 0 spiro atoms. The first kappa shape index (κ1) is 15.2. The van der Waals surface area contributed by atoms with E-state index >= 15 is 0 Å². The van der Waals surface area contributed by atoms with E-state index in [0.29, 0.717) is 27.9 Å². The van der Waals surface area contributed by atoms with E-state index in [1.54, 1.807) is 9.80 Å². The normalized spacial score (nSPS) is 21.1. The lowest BCUT2D eigenvalue weighted by Crippen LogP contribution is -2.29. The molecule has 1 fully saturated rings. The quantitative estimate of drug-likeness (QED) is 0.630. The molecule has 1 aromatic rings. The van der Waals surface area contributed by atoms with Gasteiger partial charge in [0.15, 0.2) is 0 Å². The fourth-order valence-electron chi connectivity index (χ4n) is 2.78. The first-order valence-corrected chi connectivity index (χ1v) is 8.51. The number of para-hydroxylation sites is 1. The Morgan fingerprint density at radius 3 is 2.50 bits per heavy atom. The van der Waals surface area contributed by atoms with Crippen LogP contribution in [-0.2, 0) is 9.59 Å². The molecule has 3 rings (SSSR count). The molecule has 1 aromatic carbocycles. The molecule has 1 saturated heterocycles. The minimum Gasteiger partial charge on any atom is -0.308 e. The third kappa shape index (κ3) is 2.18. The summed E-state index contributed by atoms with van der Waals surface area (Å²) in [4.78, 5) is 29.1. The van der Waals surface area contributed by atoms with Gasteiger partial charge in [0.2, 0.25) is 0 Å². The number of hydrogen-bond donors (Lipinski definition) is 0. The average molecular weight is 332 g/mol. The maximum absolute atomic E-state index is 12.7. The Kier molecular flexibility index (Phi) is 4.06. The van der Waals surface area contributed by atoms with Crippen LogP contribution in [0, 0.1) is 0 Å². The molecule has 0 bridgehead atoms. The molecule has 0 aromatic heterocycles. The van der Waals surface area contributed by atoms with E-state index in [2.05, 4.69) is 0 Å². The topological polar surface area (TPSA) is 40.6 Å². The number of carbonyl (C=O) groups is 2. The third-order valence-corrected chi connectivity index (χ3v) is 5.21. The van der Waals surface area contributed by atoms with Crippen LogP contribution in [0.5, 0.6) is 0 Å². The predicted molar refractivity (Wildman–Crippen MR) is 93.6 cm³/mol.